The van der Waals surface area contributed by atoms with Crippen LogP contribution in [0.3, 0.4) is 0 Å². The maximum absolute atomic E-state index is 13.3. The van der Waals surface area contributed by atoms with Crippen LogP contribution in [0.4, 0.5) is 5.69 Å². The molecule has 0 aliphatic carbocycles. The first kappa shape index (κ1) is 20.8. The Morgan fingerprint density at radius 3 is 2.79 bits per heavy atom. The van der Waals surface area contributed by atoms with E-state index in [4.69, 9.17) is 4.74 Å². The van der Waals surface area contributed by atoms with Gasteiger partial charge in [0.25, 0.3) is 0 Å². The molecule has 29 heavy (non-hydrogen) atoms. The van der Waals surface area contributed by atoms with Gasteiger partial charge in [-0.05, 0) is 57.0 Å². The number of fused-ring (bicyclic) bond motifs is 1. The van der Waals surface area contributed by atoms with Crippen molar-refractivity contribution in [2.24, 2.45) is 0 Å². The Morgan fingerprint density at radius 2 is 2.03 bits per heavy atom. The van der Waals surface area contributed by atoms with Gasteiger partial charge in [0.15, 0.2) is 0 Å². The first-order valence-corrected chi connectivity index (χ1v) is 13.0. The molecule has 1 N–H and O–H groups in total. The predicted molar refractivity (Wildman–Crippen MR) is 121 cm³/mol. The van der Waals surface area contributed by atoms with Crippen LogP contribution in [0.25, 0.3) is 0 Å². The second-order valence-electron chi connectivity index (χ2n) is 7.71. The van der Waals surface area contributed by atoms with Crippen LogP contribution in [0.1, 0.15) is 26.2 Å². The summed E-state index contributed by atoms with van der Waals surface area (Å²) in [6.07, 6.45) is 3.58. The predicted octanol–water partition coefficient (Wildman–Crippen LogP) is 4.36. The maximum atomic E-state index is 13.3. The number of nitrogens with zero attached hydrogens (tertiary/aromatic N) is 2. The summed E-state index contributed by atoms with van der Waals surface area (Å²) in [6, 6.07) is 15.5. The molecule has 0 aromatic heterocycles. The van der Waals surface area contributed by atoms with E-state index in [1.54, 1.807) is 40.7 Å². The summed E-state index contributed by atoms with van der Waals surface area (Å²) < 4.78 is 21.0. The molecule has 0 spiro atoms. The monoisotopic (exact) mass is 432 g/mol. The Bertz CT molecular complexity index is 880. The molecule has 1 saturated heterocycles. The Morgan fingerprint density at radius 1 is 1.21 bits per heavy atom. The largest absolute Gasteiger partial charge is 0.493 e. The third-order valence-corrected chi connectivity index (χ3v) is 8.82. The molecule has 0 radical (unpaired) electrons. The zero-order valence-electron chi connectivity index (χ0n) is 16.9. The quantitative estimate of drug-likeness (QED) is 0.518. The lowest BCUT2D eigenvalue weighted by Crippen LogP contribution is -2.30. The molecule has 2 aromatic rings. The van der Waals surface area contributed by atoms with Gasteiger partial charge in [0.2, 0.25) is 0 Å². The number of likely N-dealkylation sites (tertiary alicyclic amines) is 1. The molecule has 1 fully saturated rings. The molecule has 2 unspecified atom stereocenters. The summed E-state index contributed by atoms with van der Waals surface area (Å²) in [5.41, 5.74) is 0.793. The molecular weight excluding hydrogens is 403 g/mol. The normalized spacial score (nSPS) is 21.6. The molecule has 0 amide bonds. The Balaban J connectivity index is 1.45. The SMILES string of the molecule is CC1CCCN1CCCOc1ccc2c(c1)N(P(=O)(O)c1ccccc1)CCS2. The lowest BCUT2D eigenvalue weighted by molar-refractivity contribution is 0.230. The highest BCUT2D eigenvalue weighted by Gasteiger charge is 2.34. The van der Waals surface area contributed by atoms with E-state index < -0.39 is 7.52 Å². The van der Waals surface area contributed by atoms with Gasteiger partial charge in [-0.3, -0.25) is 9.24 Å². The van der Waals surface area contributed by atoms with E-state index in [-0.39, 0.29) is 0 Å². The fourth-order valence-corrected chi connectivity index (χ4v) is 6.94. The molecule has 0 bridgehead atoms. The van der Waals surface area contributed by atoms with Crippen LogP contribution in [0, 0.1) is 0 Å². The van der Waals surface area contributed by atoms with Crippen molar-refractivity contribution in [2.45, 2.75) is 37.1 Å². The van der Waals surface area contributed by atoms with Gasteiger partial charge in [-0.15, -0.1) is 11.8 Å². The van der Waals surface area contributed by atoms with Gasteiger partial charge in [-0.2, -0.15) is 0 Å². The van der Waals surface area contributed by atoms with E-state index in [1.807, 2.05) is 24.3 Å². The maximum Gasteiger partial charge on any atom is 0.324 e. The van der Waals surface area contributed by atoms with Gasteiger partial charge in [-0.1, -0.05) is 18.2 Å². The zero-order chi connectivity index (χ0) is 20.3. The average Bonchev–Trinajstić information content (AvgIpc) is 3.16. The second-order valence-corrected chi connectivity index (χ2v) is 10.9. The van der Waals surface area contributed by atoms with Crippen LogP contribution in [0.15, 0.2) is 53.4 Å². The smallest absolute Gasteiger partial charge is 0.324 e. The van der Waals surface area contributed by atoms with Gasteiger partial charge >= 0.3 is 7.52 Å². The highest BCUT2D eigenvalue weighted by Crippen LogP contribution is 2.52. The number of hydrogen-bond acceptors (Lipinski definition) is 4. The van der Waals surface area contributed by atoms with Crippen molar-refractivity contribution >= 4 is 30.3 Å². The van der Waals surface area contributed by atoms with Crippen molar-refractivity contribution in [3.05, 3.63) is 48.5 Å². The van der Waals surface area contributed by atoms with E-state index in [0.29, 0.717) is 24.5 Å². The van der Waals surface area contributed by atoms with Gasteiger partial charge < -0.3 is 14.5 Å². The molecule has 2 aliphatic heterocycles. The third kappa shape index (κ3) is 4.66. The van der Waals surface area contributed by atoms with Crippen LogP contribution < -0.4 is 14.7 Å². The lowest BCUT2D eigenvalue weighted by atomic mass is 10.2. The first-order chi connectivity index (χ1) is 14.1. The topological polar surface area (TPSA) is 53.0 Å². The van der Waals surface area contributed by atoms with Crippen molar-refractivity contribution in [3.8, 4) is 5.75 Å². The lowest BCUT2D eigenvalue weighted by Gasteiger charge is -2.34. The molecule has 4 rings (SSSR count). The van der Waals surface area contributed by atoms with Gasteiger partial charge in [0.05, 0.1) is 17.6 Å². The Kier molecular flexibility index (Phi) is 6.55. The summed E-state index contributed by atoms with van der Waals surface area (Å²) in [7, 11) is -3.67. The number of thioether (sulfide) groups is 1. The van der Waals surface area contributed by atoms with Crippen LogP contribution >= 0.6 is 19.3 Å². The minimum atomic E-state index is -3.67. The zero-order valence-corrected chi connectivity index (χ0v) is 18.6. The van der Waals surface area contributed by atoms with Crippen LogP contribution in [0.5, 0.6) is 5.75 Å². The van der Waals surface area contributed by atoms with E-state index in [1.165, 1.54) is 19.4 Å². The van der Waals surface area contributed by atoms with Crippen LogP contribution in [-0.2, 0) is 4.57 Å². The molecule has 156 valence electrons. The summed E-state index contributed by atoms with van der Waals surface area (Å²) in [6.45, 7) is 5.75. The van der Waals surface area contributed by atoms with Crippen molar-refractivity contribution in [3.63, 3.8) is 0 Å². The summed E-state index contributed by atoms with van der Waals surface area (Å²) in [5, 5.41) is 0.462. The van der Waals surface area contributed by atoms with Gasteiger partial charge in [0, 0.05) is 35.8 Å². The van der Waals surface area contributed by atoms with Crippen molar-refractivity contribution in [1.82, 2.24) is 4.90 Å². The average molecular weight is 433 g/mol. The summed E-state index contributed by atoms with van der Waals surface area (Å²) >= 11 is 1.72. The van der Waals surface area contributed by atoms with E-state index in [2.05, 4.69) is 11.8 Å². The number of benzene rings is 2. The summed E-state index contributed by atoms with van der Waals surface area (Å²) in [5.74, 6) is 1.55. The highest BCUT2D eigenvalue weighted by atomic mass is 32.2. The van der Waals surface area contributed by atoms with E-state index in [0.717, 1.165) is 35.1 Å². The second kappa shape index (κ2) is 9.13. The molecule has 7 heteroatoms. The van der Waals surface area contributed by atoms with Crippen LogP contribution in [-0.4, -0.2) is 47.8 Å². The van der Waals surface area contributed by atoms with Gasteiger partial charge in [-0.25, -0.2) is 0 Å². The fraction of sp³-hybridized carbons (Fsp3) is 0.455. The molecule has 5 nitrogen and oxygen atoms in total. The molecule has 2 aromatic carbocycles. The van der Waals surface area contributed by atoms with Crippen molar-refractivity contribution < 1.29 is 14.2 Å². The highest BCUT2D eigenvalue weighted by molar-refractivity contribution is 7.99. The van der Waals surface area contributed by atoms with Gasteiger partial charge in [0.1, 0.15) is 5.75 Å². The van der Waals surface area contributed by atoms with Crippen molar-refractivity contribution in [2.75, 3.05) is 36.7 Å². The number of anilines is 1. The minimum absolute atomic E-state index is 0.462. The number of ether oxygens (including phenoxy) is 1. The van der Waals surface area contributed by atoms with Crippen LogP contribution in [0.2, 0.25) is 0 Å². The Hall–Kier alpha value is -1.46. The van der Waals surface area contributed by atoms with E-state index in [9.17, 15) is 9.46 Å². The molecule has 0 saturated carbocycles. The standard InChI is InChI=1S/C22H29N2O3PS/c1-18-7-5-12-23(18)13-6-15-27-19-10-11-22-21(17-19)24(14-16-29-22)28(25,26)20-8-3-2-4-9-20/h2-4,8-11,17-18H,5-7,12-16H2,1H3,(H,25,26). The van der Waals surface area contributed by atoms with Crippen molar-refractivity contribution in [1.29, 1.82) is 0 Å². The fourth-order valence-electron chi connectivity index (χ4n) is 4.10. The molecule has 2 atom stereocenters. The number of hydrogen-bond donors (Lipinski definition) is 1. The summed E-state index contributed by atoms with van der Waals surface area (Å²) in [4.78, 5) is 14.5. The Labute approximate surface area is 177 Å². The molecule has 2 aliphatic rings. The third-order valence-electron chi connectivity index (χ3n) is 5.74. The number of rotatable bonds is 7. The molecular formula is C22H29N2O3PS. The minimum Gasteiger partial charge on any atom is -0.493 e. The molecule has 2 heterocycles. The first-order valence-electron chi connectivity index (χ1n) is 10.4. The van der Waals surface area contributed by atoms with E-state index >= 15 is 0 Å².